The van der Waals surface area contributed by atoms with Gasteiger partial charge in [-0.25, -0.2) is 0 Å². The Morgan fingerprint density at radius 1 is 0.900 bits per heavy atom. The van der Waals surface area contributed by atoms with Crippen molar-refractivity contribution in [2.45, 2.75) is 0 Å². The summed E-state index contributed by atoms with van der Waals surface area (Å²) in [5, 5.41) is 10.7. The minimum absolute atomic E-state index is 0.0722. The number of carbonyl (C=O) groups is 3. The molecule has 0 aliphatic heterocycles. The fourth-order valence-corrected chi connectivity index (χ4v) is 2.63. The molecule has 0 saturated carbocycles. The van der Waals surface area contributed by atoms with E-state index in [-0.39, 0.29) is 33.1 Å². The van der Waals surface area contributed by atoms with Crippen LogP contribution in [0.2, 0.25) is 5.02 Å². The quantitative estimate of drug-likeness (QED) is 0.679. The van der Waals surface area contributed by atoms with Gasteiger partial charge in [-0.1, -0.05) is 41.9 Å². The van der Waals surface area contributed by atoms with Crippen molar-refractivity contribution in [3.8, 4) is 0 Å². The van der Waals surface area contributed by atoms with Gasteiger partial charge in [0, 0.05) is 22.3 Å². The van der Waals surface area contributed by atoms with Crippen LogP contribution in [0.15, 0.2) is 36.4 Å². The van der Waals surface area contributed by atoms with E-state index < -0.39 is 11.8 Å². The van der Waals surface area contributed by atoms with Crippen LogP contribution in [0.3, 0.4) is 0 Å². The third-order valence-electron chi connectivity index (χ3n) is 3.25. The molecule has 0 amide bonds. The van der Waals surface area contributed by atoms with E-state index in [1.165, 1.54) is 18.2 Å². The third kappa shape index (κ3) is 1.58. The lowest BCUT2D eigenvalue weighted by Gasteiger charge is -2.20. The van der Waals surface area contributed by atoms with Crippen LogP contribution in [-0.4, -0.2) is 17.5 Å². The highest BCUT2D eigenvalue weighted by molar-refractivity contribution is 6.41. The molecule has 0 atom stereocenters. The van der Waals surface area contributed by atoms with Crippen LogP contribution in [0.25, 0.3) is 0 Å². The Balaban J connectivity index is 2.34. The molecule has 0 saturated heterocycles. The van der Waals surface area contributed by atoms with E-state index in [0.29, 0.717) is 5.56 Å². The number of ketones is 2. The smallest absolute Gasteiger partial charge is 0.196 e. The number of benzene rings is 2. The third-order valence-corrected chi connectivity index (χ3v) is 3.64. The first-order valence-corrected chi connectivity index (χ1v) is 6.12. The van der Waals surface area contributed by atoms with E-state index in [1.807, 2.05) is 0 Å². The normalized spacial score (nSPS) is 12.8. The molecule has 3 rings (SSSR count). The van der Waals surface area contributed by atoms with Crippen LogP contribution in [0.4, 0.5) is 0 Å². The van der Waals surface area contributed by atoms with Crippen LogP contribution in [0, 0.1) is 0 Å². The fourth-order valence-electron chi connectivity index (χ4n) is 2.30. The van der Waals surface area contributed by atoms with Crippen LogP contribution in [0.5, 0.6) is 0 Å². The van der Waals surface area contributed by atoms with Gasteiger partial charge in [-0.15, -0.1) is 0 Å². The summed E-state index contributed by atoms with van der Waals surface area (Å²) < 4.78 is 0. The lowest BCUT2D eigenvalue weighted by atomic mass is 9.83. The fraction of sp³-hybridized carbons (Fsp3) is 0. The lowest BCUT2D eigenvalue weighted by Crippen LogP contribution is -2.26. The number of carboxylic acids is 1. The van der Waals surface area contributed by atoms with Crippen molar-refractivity contribution < 1.29 is 19.5 Å². The van der Waals surface area contributed by atoms with Crippen molar-refractivity contribution in [3.63, 3.8) is 0 Å². The van der Waals surface area contributed by atoms with Gasteiger partial charge < -0.3 is 9.90 Å². The van der Waals surface area contributed by atoms with Crippen molar-refractivity contribution >= 4 is 29.1 Å². The van der Waals surface area contributed by atoms with E-state index in [4.69, 9.17) is 11.6 Å². The molecule has 0 radical (unpaired) electrons. The van der Waals surface area contributed by atoms with E-state index in [1.54, 1.807) is 18.2 Å². The minimum Gasteiger partial charge on any atom is -0.545 e. The molecule has 20 heavy (non-hydrogen) atoms. The second-order valence-corrected chi connectivity index (χ2v) is 4.72. The monoisotopic (exact) mass is 285 g/mol. The number of hydrogen-bond donors (Lipinski definition) is 0. The first kappa shape index (κ1) is 12.6. The molecule has 0 unspecified atom stereocenters. The number of carbonyl (C=O) groups excluding carboxylic acids is 3. The topological polar surface area (TPSA) is 74.3 Å². The molecule has 1 aliphatic rings. The minimum atomic E-state index is -1.49. The van der Waals surface area contributed by atoms with Gasteiger partial charge in [0.2, 0.25) is 0 Å². The maximum Gasteiger partial charge on any atom is 0.196 e. The molecule has 5 heteroatoms. The molecule has 4 nitrogen and oxygen atoms in total. The van der Waals surface area contributed by atoms with E-state index in [9.17, 15) is 19.5 Å². The van der Waals surface area contributed by atoms with Gasteiger partial charge in [-0.3, -0.25) is 9.59 Å². The zero-order chi connectivity index (χ0) is 14.4. The molecule has 0 heterocycles. The van der Waals surface area contributed by atoms with Gasteiger partial charge >= 0.3 is 0 Å². The van der Waals surface area contributed by atoms with Gasteiger partial charge in [-0.2, -0.15) is 0 Å². The number of halogens is 1. The summed E-state index contributed by atoms with van der Waals surface area (Å²) in [5.74, 6) is -2.29. The van der Waals surface area contributed by atoms with Crippen molar-refractivity contribution in [1.29, 1.82) is 0 Å². The van der Waals surface area contributed by atoms with E-state index in [0.717, 1.165) is 0 Å². The molecule has 2 aromatic rings. The summed E-state index contributed by atoms with van der Waals surface area (Å²) in [6, 6.07) is 8.83. The zero-order valence-electron chi connectivity index (χ0n) is 9.98. The van der Waals surface area contributed by atoms with Gasteiger partial charge in [0.1, 0.15) is 0 Å². The first-order chi connectivity index (χ1) is 9.52. The number of carboxylic acid groups (broad SMARTS) is 1. The molecule has 98 valence electrons. The average Bonchev–Trinajstić information content (AvgIpc) is 2.44. The molecule has 2 aromatic carbocycles. The molecule has 0 spiro atoms. The molecular weight excluding hydrogens is 280 g/mol. The SMILES string of the molecule is O=C([O-])c1ccc2c(c1Cl)C(=O)c1ccccc1C2=O. The predicted molar refractivity (Wildman–Crippen MR) is 69.1 cm³/mol. The summed E-state index contributed by atoms with van der Waals surface area (Å²) >= 11 is 5.95. The average molecular weight is 286 g/mol. The Morgan fingerprint density at radius 2 is 1.50 bits per heavy atom. The Bertz CT molecular complexity index is 792. The summed E-state index contributed by atoms with van der Waals surface area (Å²) in [5.41, 5.74) is 0.261. The molecule has 0 fully saturated rings. The second-order valence-electron chi connectivity index (χ2n) is 4.34. The molecule has 0 aromatic heterocycles. The molecule has 1 aliphatic carbocycles. The molecule has 0 N–H and O–H groups in total. The zero-order valence-corrected chi connectivity index (χ0v) is 10.7. The van der Waals surface area contributed by atoms with Gasteiger partial charge in [0.25, 0.3) is 0 Å². The van der Waals surface area contributed by atoms with Crippen LogP contribution in [-0.2, 0) is 0 Å². The highest BCUT2D eigenvalue weighted by Gasteiger charge is 2.32. The summed E-state index contributed by atoms with van der Waals surface area (Å²) in [4.78, 5) is 35.7. The summed E-state index contributed by atoms with van der Waals surface area (Å²) in [6.45, 7) is 0. The number of aromatic carboxylic acids is 1. The van der Waals surface area contributed by atoms with Gasteiger partial charge in [-0.05, 0) is 6.07 Å². The van der Waals surface area contributed by atoms with Crippen molar-refractivity contribution in [2.24, 2.45) is 0 Å². The van der Waals surface area contributed by atoms with Gasteiger partial charge in [0.15, 0.2) is 11.6 Å². The van der Waals surface area contributed by atoms with E-state index >= 15 is 0 Å². The van der Waals surface area contributed by atoms with Crippen LogP contribution in [0.1, 0.15) is 42.2 Å². The maximum absolute atomic E-state index is 12.4. The first-order valence-electron chi connectivity index (χ1n) is 5.74. The van der Waals surface area contributed by atoms with E-state index in [2.05, 4.69) is 0 Å². The standard InChI is InChI=1S/C15H7ClO4/c16-12-10(15(19)20)6-5-9-11(12)14(18)8-4-2-1-3-7(8)13(9)17/h1-6H,(H,19,20)/p-1. The van der Waals surface area contributed by atoms with Crippen LogP contribution >= 0.6 is 11.6 Å². The Morgan fingerprint density at radius 3 is 2.10 bits per heavy atom. The highest BCUT2D eigenvalue weighted by atomic mass is 35.5. The Labute approximate surface area is 118 Å². The molecular formula is C15H6ClO4-. The van der Waals surface area contributed by atoms with Crippen LogP contribution < -0.4 is 5.11 Å². The second kappa shape index (κ2) is 4.28. The Kier molecular flexibility index (Phi) is 2.69. The largest absolute Gasteiger partial charge is 0.545 e. The summed E-state index contributed by atoms with van der Waals surface area (Å²) in [6.07, 6.45) is 0. The van der Waals surface area contributed by atoms with Crippen molar-refractivity contribution in [3.05, 3.63) is 69.2 Å². The maximum atomic E-state index is 12.4. The van der Waals surface area contributed by atoms with Crippen molar-refractivity contribution in [2.75, 3.05) is 0 Å². The summed E-state index contributed by atoms with van der Waals surface area (Å²) in [7, 11) is 0. The van der Waals surface area contributed by atoms with Gasteiger partial charge in [0.05, 0.1) is 16.6 Å². The molecule has 0 bridgehead atoms. The number of hydrogen-bond acceptors (Lipinski definition) is 4. The van der Waals surface area contributed by atoms with Crippen molar-refractivity contribution in [1.82, 2.24) is 0 Å². The number of rotatable bonds is 1. The highest BCUT2D eigenvalue weighted by Crippen LogP contribution is 2.33. The lowest BCUT2D eigenvalue weighted by molar-refractivity contribution is -0.255. The predicted octanol–water partition coefficient (Wildman–Crippen LogP) is 1.48. The number of fused-ring (bicyclic) bond motifs is 2. The Hall–Kier alpha value is -2.46.